The van der Waals surface area contributed by atoms with Crippen LogP contribution < -0.4 is 9.62 Å². The van der Waals surface area contributed by atoms with Gasteiger partial charge in [-0.05, 0) is 42.8 Å². The Balaban J connectivity index is 1.84. The maximum Gasteiger partial charge on any atom is 0.264 e. The molecule has 1 N–H and O–H groups in total. The summed E-state index contributed by atoms with van der Waals surface area (Å²) in [7, 11) is -3.91. The van der Waals surface area contributed by atoms with E-state index in [1.807, 2.05) is 0 Å². The molecule has 0 aliphatic carbocycles. The lowest BCUT2D eigenvalue weighted by Gasteiger charge is -2.16. The van der Waals surface area contributed by atoms with Gasteiger partial charge in [-0.25, -0.2) is 8.42 Å². The largest absolute Gasteiger partial charge is 0.312 e. The molecule has 1 saturated heterocycles. The summed E-state index contributed by atoms with van der Waals surface area (Å²) in [5.74, 6) is 0.0752. The van der Waals surface area contributed by atoms with Gasteiger partial charge in [0.05, 0.1) is 10.0 Å². The van der Waals surface area contributed by atoms with E-state index in [0.717, 1.165) is 12.1 Å². The molecule has 1 aliphatic heterocycles. The standard InChI is InChI=1S/C16H14Cl2N2O3S/c17-13-3-1-4-14(18)16(13)24(22,23)19-11-6-8-12(9-7-11)20-10-2-5-15(20)21/h1,3-4,6-9,19H,2,5,10H2. The first kappa shape index (κ1) is 17.1. The van der Waals surface area contributed by atoms with Crippen molar-refractivity contribution < 1.29 is 13.2 Å². The van der Waals surface area contributed by atoms with Crippen LogP contribution in [0.2, 0.25) is 10.0 Å². The van der Waals surface area contributed by atoms with Crippen molar-refractivity contribution in [2.75, 3.05) is 16.2 Å². The summed E-state index contributed by atoms with van der Waals surface area (Å²) >= 11 is 11.9. The number of anilines is 2. The van der Waals surface area contributed by atoms with Gasteiger partial charge in [0.15, 0.2) is 0 Å². The Morgan fingerprint density at radius 3 is 2.17 bits per heavy atom. The van der Waals surface area contributed by atoms with E-state index in [9.17, 15) is 13.2 Å². The highest BCUT2D eigenvalue weighted by Gasteiger charge is 2.23. The molecule has 2 aromatic carbocycles. The molecule has 0 unspecified atom stereocenters. The number of carbonyl (C=O) groups is 1. The first-order valence-corrected chi connectivity index (χ1v) is 9.50. The molecule has 1 fully saturated rings. The van der Waals surface area contributed by atoms with Crippen LogP contribution in [-0.2, 0) is 14.8 Å². The van der Waals surface area contributed by atoms with Crippen LogP contribution in [0.15, 0.2) is 47.4 Å². The van der Waals surface area contributed by atoms with Gasteiger partial charge in [-0.1, -0.05) is 29.3 Å². The molecule has 0 bridgehead atoms. The zero-order valence-electron chi connectivity index (χ0n) is 12.5. The van der Waals surface area contributed by atoms with Crippen molar-refractivity contribution in [1.82, 2.24) is 0 Å². The molecule has 1 aliphatic rings. The molecule has 24 heavy (non-hydrogen) atoms. The van der Waals surface area contributed by atoms with Crippen LogP contribution in [0.1, 0.15) is 12.8 Å². The minimum Gasteiger partial charge on any atom is -0.312 e. The fourth-order valence-corrected chi connectivity index (χ4v) is 4.78. The van der Waals surface area contributed by atoms with E-state index in [0.29, 0.717) is 18.7 Å². The summed E-state index contributed by atoms with van der Waals surface area (Å²) < 4.78 is 27.4. The van der Waals surface area contributed by atoms with Gasteiger partial charge in [-0.15, -0.1) is 0 Å². The maximum atomic E-state index is 12.5. The van der Waals surface area contributed by atoms with Crippen molar-refractivity contribution in [1.29, 1.82) is 0 Å². The highest BCUT2D eigenvalue weighted by atomic mass is 35.5. The summed E-state index contributed by atoms with van der Waals surface area (Å²) in [4.78, 5) is 13.3. The summed E-state index contributed by atoms with van der Waals surface area (Å²) in [5.41, 5.74) is 1.11. The Morgan fingerprint density at radius 1 is 1.00 bits per heavy atom. The second-order valence-corrected chi connectivity index (χ2v) is 7.79. The second-order valence-electron chi connectivity index (χ2n) is 5.35. The molecule has 1 amide bonds. The lowest BCUT2D eigenvalue weighted by atomic mass is 10.2. The van der Waals surface area contributed by atoms with Crippen molar-refractivity contribution >= 4 is 50.5 Å². The highest BCUT2D eigenvalue weighted by Crippen LogP contribution is 2.31. The Labute approximate surface area is 150 Å². The van der Waals surface area contributed by atoms with E-state index in [1.54, 1.807) is 35.2 Å². The molecule has 2 aromatic rings. The Bertz CT molecular complexity index is 862. The van der Waals surface area contributed by atoms with Crippen molar-refractivity contribution in [3.8, 4) is 0 Å². The fourth-order valence-electron chi connectivity index (χ4n) is 2.58. The van der Waals surface area contributed by atoms with Gasteiger partial charge in [0.1, 0.15) is 4.90 Å². The number of rotatable bonds is 4. The number of halogens is 2. The zero-order valence-corrected chi connectivity index (χ0v) is 14.8. The smallest absolute Gasteiger partial charge is 0.264 e. The van der Waals surface area contributed by atoms with Crippen LogP contribution in [0.5, 0.6) is 0 Å². The molecule has 0 aromatic heterocycles. The number of benzene rings is 2. The van der Waals surface area contributed by atoms with Crippen molar-refractivity contribution in [3.63, 3.8) is 0 Å². The first-order valence-electron chi connectivity index (χ1n) is 7.26. The first-order chi connectivity index (χ1) is 11.4. The summed E-state index contributed by atoms with van der Waals surface area (Å²) in [5, 5.41) is 0.101. The molecule has 5 nitrogen and oxygen atoms in total. The van der Waals surface area contributed by atoms with E-state index in [2.05, 4.69) is 4.72 Å². The van der Waals surface area contributed by atoms with E-state index < -0.39 is 10.0 Å². The Morgan fingerprint density at radius 2 is 1.62 bits per heavy atom. The van der Waals surface area contributed by atoms with E-state index in [-0.39, 0.29) is 20.8 Å². The predicted octanol–water partition coefficient (Wildman–Crippen LogP) is 3.92. The Hall–Kier alpha value is -1.76. The molecule has 0 radical (unpaired) electrons. The molecule has 1 heterocycles. The summed E-state index contributed by atoms with van der Waals surface area (Å²) in [6.45, 7) is 0.680. The second kappa shape index (κ2) is 6.63. The third kappa shape index (κ3) is 3.36. The van der Waals surface area contributed by atoms with Gasteiger partial charge in [-0.3, -0.25) is 9.52 Å². The average Bonchev–Trinajstić information content (AvgIpc) is 2.93. The molecule has 8 heteroatoms. The van der Waals surface area contributed by atoms with Gasteiger partial charge >= 0.3 is 0 Å². The van der Waals surface area contributed by atoms with Gasteiger partial charge in [0, 0.05) is 24.3 Å². The monoisotopic (exact) mass is 384 g/mol. The van der Waals surface area contributed by atoms with Gasteiger partial charge in [0.2, 0.25) is 5.91 Å². The van der Waals surface area contributed by atoms with E-state index >= 15 is 0 Å². The number of nitrogens with zero attached hydrogens (tertiary/aromatic N) is 1. The number of amides is 1. The lowest BCUT2D eigenvalue weighted by molar-refractivity contribution is -0.117. The third-order valence-electron chi connectivity index (χ3n) is 3.69. The fraction of sp³-hybridized carbons (Fsp3) is 0.188. The van der Waals surface area contributed by atoms with Crippen LogP contribution in [-0.4, -0.2) is 20.9 Å². The van der Waals surface area contributed by atoms with Gasteiger partial charge in [-0.2, -0.15) is 0 Å². The summed E-state index contributed by atoms with van der Waals surface area (Å²) in [6, 6.07) is 11.1. The van der Waals surface area contributed by atoms with Crippen LogP contribution >= 0.6 is 23.2 Å². The summed E-state index contributed by atoms with van der Waals surface area (Å²) in [6.07, 6.45) is 1.37. The minimum atomic E-state index is -3.91. The Kier molecular flexibility index (Phi) is 4.71. The number of hydrogen-bond acceptors (Lipinski definition) is 3. The van der Waals surface area contributed by atoms with Crippen LogP contribution in [0.4, 0.5) is 11.4 Å². The quantitative estimate of drug-likeness (QED) is 0.868. The molecular weight excluding hydrogens is 371 g/mol. The molecule has 0 spiro atoms. The zero-order chi connectivity index (χ0) is 17.3. The normalized spacial score (nSPS) is 14.9. The van der Waals surface area contributed by atoms with Crippen LogP contribution in [0, 0.1) is 0 Å². The number of nitrogens with one attached hydrogen (secondary N) is 1. The number of hydrogen-bond donors (Lipinski definition) is 1. The lowest BCUT2D eigenvalue weighted by Crippen LogP contribution is -2.23. The molecule has 126 valence electrons. The van der Waals surface area contributed by atoms with Crippen molar-refractivity contribution in [3.05, 3.63) is 52.5 Å². The van der Waals surface area contributed by atoms with E-state index in [4.69, 9.17) is 23.2 Å². The average molecular weight is 385 g/mol. The maximum absolute atomic E-state index is 12.5. The third-order valence-corrected chi connectivity index (χ3v) is 6.03. The highest BCUT2D eigenvalue weighted by molar-refractivity contribution is 7.93. The topological polar surface area (TPSA) is 66.5 Å². The minimum absolute atomic E-state index is 0.0503. The number of sulfonamides is 1. The molecular formula is C16H14Cl2N2O3S. The van der Waals surface area contributed by atoms with Crippen LogP contribution in [0.3, 0.4) is 0 Å². The molecule has 0 atom stereocenters. The van der Waals surface area contributed by atoms with Gasteiger partial charge in [0.25, 0.3) is 10.0 Å². The SMILES string of the molecule is O=C1CCCN1c1ccc(NS(=O)(=O)c2c(Cl)cccc2Cl)cc1. The van der Waals surface area contributed by atoms with Crippen molar-refractivity contribution in [2.45, 2.75) is 17.7 Å². The predicted molar refractivity (Wildman–Crippen MR) is 95.3 cm³/mol. The molecule has 0 saturated carbocycles. The van der Waals surface area contributed by atoms with Crippen LogP contribution in [0.25, 0.3) is 0 Å². The molecule has 3 rings (SSSR count). The van der Waals surface area contributed by atoms with Gasteiger partial charge < -0.3 is 4.90 Å². The van der Waals surface area contributed by atoms with E-state index in [1.165, 1.54) is 12.1 Å². The number of carbonyl (C=O) groups excluding carboxylic acids is 1. The van der Waals surface area contributed by atoms with Crippen molar-refractivity contribution in [2.24, 2.45) is 0 Å².